The van der Waals surface area contributed by atoms with Crippen LogP contribution in [0.5, 0.6) is 11.5 Å². The number of piperidine rings is 1. The summed E-state index contributed by atoms with van der Waals surface area (Å²) in [5, 5.41) is 0.949. The number of ether oxygens (including phenoxy) is 2. The molecule has 1 fully saturated rings. The second-order valence-corrected chi connectivity index (χ2v) is 7.12. The van der Waals surface area contributed by atoms with Crippen LogP contribution in [0.15, 0.2) is 18.5 Å². The number of anilines is 1. The number of hydrogen-bond acceptors (Lipinski definition) is 7. The molecule has 0 amide bonds. The van der Waals surface area contributed by atoms with Crippen LogP contribution in [0.25, 0.3) is 10.9 Å². The molecule has 148 valence electrons. The summed E-state index contributed by atoms with van der Waals surface area (Å²) in [6.07, 6.45) is 4.62. The highest BCUT2D eigenvalue weighted by Gasteiger charge is 2.22. The summed E-state index contributed by atoms with van der Waals surface area (Å²) in [6.45, 7) is 2.47. The van der Waals surface area contributed by atoms with Crippen molar-refractivity contribution in [1.82, 2.24) is 20.2 Å². The van der Waals surface area contributed by atoms with Gasteiger partial charge in [0, 0.05) is 31.1 Å². The molecule has 0 saturated carbocycles. The first-order valence-corrected chi connectivity index (χ1v) is 9.94. The number of hydrogen-bond donors (Lipinski definition) is 3. The van der Waals surface area contributed by atoms with Gasteiger partial charge in [-0.1, -0.05) is 0 Å². The highest BCUT2D eigenvalue weighted by atomic mass is 32.2. The van der Waals surface area contributed by atoms with Crippen LogP contribution in [-0.2, 0) is 11.3 Å². The Labute approximate surface area is 160 Å². The van der Waals surface area contributed by atoms with Crippen molar-refractivity contribution in [3.63, 3.8) is 0 Å². The maximum Gasteiger partial charge on any atom is 0.245 e. The summed E-state index contributed by atoms with van der Waals surface area (Å²) in [6, 6.07) is 3.80. The molecule has 1 aromatic carbocycles. The van der Waals surface area contributed by atoms with Gasteiger partial charge in [0.05, 0.1) is 19.7 Å². The zero-order valence-corrected chi connectivity index (χ0v) is 16.3. The molecule has 3 N–H and O–H groups in total. The summed E-state index contributed by atoms with van der Waals surface area (Å²) < 4.78 is 30.0. The first-order chi connectivity index (χ1) is 13.1. The number of nitrogens with zero attached hydrogens (tertiary/aromatic N) is 3. The molecule has 9 nitrogen and oxygen atoms in total. The van der Waals surface area contributed by atoms with E-state index in [9.17, 15) is 4.21 Å². The minimum Gasteiger partial charge on any atom is -0.493 e. The molecule has 0 bridgehead atoms. The van der Waals surface area contributed by atoms with E-state index in [0.29, 0.717) is 24.0 Å². The van der Waals surface area contributed by atoms with Gasteiger partial charge < -0.3 is 14.4 Å². The van der Waals surface area contributed by atoms with Crippen molar-refractivity contribution in [3.05, 3.63) is 18.5 Å². The maximum absolute atomic E-state index is 10.5. The highest BCUT2D eigenvalue weighted by molar-refractivity contribution is 7.77. The molecular formula is C17H25N5O4S. The molecule has 1 aliphatic heterocycles. The van der Waals surface area contributed by atoms with Crippen molar-refractivity contribution < 1.29 is 18.2 Å². The molecule has 0 aliphatic carbocycles. The SMILES string of the molecule is COc1cc2ncnc(N3CCC(CCNNS(=O)O)CC3)c2cc1OC. The molecule has 1 atom stereocenters. The summed E-state index contributed by atoms with van der Waals surface area (Å²) in [4.78, 5) is 13.4. The lowest BCUT2D eigenvalue weighted by Gasteiger charge is -2.33. The Morgan fingerprint density at radius 1 is 1.22 bits per heavy atom. The molecule has 1 aliphatic rings. The van der Waals surface area contributed by atoms with E-state index in [-0.39, 0.29) is 0 Å². The minimum atomic E-state index is -2.02. The number of aromatic nitrogens is 2. The second kappa shape index (κ2) is 9.27. The van der Waals surface area contributed by atoms with E-state index in [4.69, 9.17) is 14.0 Å². The van der Waals surface area contributed by atoms with E-state index in [1.165, 1.54) is 0 Å². The van der Waals surface area contributed by atoms with Crippen molar-refractivity contribution in [2.45, 2.75) is 19.3 Å². The first-order valence-electron chi connectivity index (χ1n) is 8.83. The Hall–Kier alpha value is -2.01. The van der Waals surface area contributed by atoms with Crippen molar-refractivity contribution in [2.24, 2.45) is 5.92 Å². The molecule has 0 spiro atoms. The molecule has 1 saturated heterocycles. The van der Waals surface area contributed by atoms with Crippen LogP contribution in [0.4, 0.5) is 5.82 Å². The summed E-state index contributed by atoms with van der Waals surface area (Å²) in [5.41, 5.74) is 3.59. The number of methoxy groups -OCH3 is 2. The van der Waals surface area contributed by atoms with Gasteiger partial charge in [0.15, 0.2) is 11.5 Å². The lowest BCUT2D eigenvalue weighted by Crippen LogP contribution is -2.37. The quantitative estimate of drug-likeness (QED) is 0.350. The zero-order valence-electron chi connectivity index (χ0n) is 15.5. The predicted octanol–water partition coefficient (Wildman–Crippen LogP) is 1.48. The highest BCUT2D eigenvalue weighted by Crippen LogP contribution is 2.35. The average molecular weight is 395 g/mol. The Kier molecular flexibility index (Phi) is 6.78. The largest absolute Gasteiger partial charge is 0.493 e. The van der Waals surface area contributed by atoms with Gasteiger partial charge in [-0.2, -0.15) is 4.83 Å². The normalized spacial score (nSPS) is 16.5. The topological polar surface area (TPSA) is 109 Å². The van der Waals surface area contributed by atoms with E-state index in [1.54, 1.807) is 20.5 Å². The fourth-order valence-corrected chi connectivity index (χ4v) is 3.67. The van der Waals surface area contributed by atoms with Crippen molar-refractivity contribution in [3.8, 4) is 11.5 Å². The molecule has 3 rings (SSSR count). The lowest BCUT2D eigenvalue weighted by atomic mass is 9.93. The van der Waals surface area contributed by atoms with Crippen LogP contribution in [0.3, 0.4) is 0 Å². The van der Waals surface area contributed by atoms with E-state index in [2.05, 4.69) is 25.1 Å². The molecule has 2 aromatic rings. The predicted molar refractivity (Wildman–Crippen MR) is 104 cm³/mol. The van der Waals surface area contributed by atoms with Gasteiger partial charge in [-0.3, -0.25) is 4.55 Å². The molecule has 0 radical (unpaired) electrons. The monoisotopic (exact) mass is 395 g/mol. The van der Waals surface area contributed by atoms with Crippen molar-refractivity contribution >= 4 is 28.0 Å². The standard InChI is InChI=1S/C17H25N5O4S/c1-25-15-9-13-14(10-16(15)26-2)18-11-19-17(13)22-7-4-12(5-8-22)3-6-20-21-27(23)24/h9-12,20-21H,3-8H2,1-2H3,(H,23,24). The first kappa shape index (κ1) is 19.7. The molecule has 1 aromatic heterocycles. The average Bonchev–Trinajstić information content (AvgIpc) is 2.70. The van der Waals surface area contributed by atoms with Crippen LogP contribution in [-0.4, -0.2) is 52.6 Å². The van der Waals surface area contributed by atoms with Gasteiger partial charge in [0.2, 0.25) is 11.3 Å². The second-order valence-electron chi connectivity index (χ2n) is 6.42. The van der Waals surface area contributed by atoms with Crippen molar-refractivity contribution in [2.75, 3.05) is 38.8 Å². The van der Waals surface area contributed by atoms with Crippen LogP contribution in [0.1, 0.15) is 19.3 Å². The molecule has 2 heterocycles. The van der Waals surface area contributed by atoms with E-state index in [0.717, 1.165) is 49.1 Å². The Morgan fingerprint density at radius 2 is 1.93 bits per heavy atom. The molecule has 27 heavy (non-hydrogen) atoms. The zero-order chi connectivity index (χ0) is 19.2. The fraction of sp³-hybridized carbons (Fsp3) is 0.529. The smallest absolute Gasteiger partial charge is 0.245 e. The van der Waals surface area contributed by atoms with E-state index >= 15 is 0 Å². The van der Waals surface area contributed by atoms with Gasteiger partial charge in [0.1, 0.15) is 12.1 Å². The molecular weight excluding hydrogens is 370 g/mol. The van der Waals surface area contributed by atoms with Crippen LogP contribution in [0, 0.1) is 5.92 Å². The number of rotatable bonds is 8. The Morgan fingerprint density at radius 3 is 2.59 bits per heavy atom. The third-order valence-electron chi connectivity index (χ3n) is 4.87. The number of benzene rings is 1. The van der Waals surface area contributed by atoms with Crippen molar-refractivity contribution in [1.29, 1.82) is 0 Å². The summed E-state index contributed by atoms with van der Waals surface area (Å²) in [5.74, 6) is 2.80. The van der Waals surface area contributed by atoms with Gasteiger partial charge >= 0.3 is 0 Å². The maximum atomic E-state index is 10.5. The third kappa shape index (κ3) is 4.83. The van der Waals surface area contributed by atoms with Crippen LogP contribution in [0.2, 0.25) is 0 Å². The van der Waals surface area contributed by atoms with Gasteiger partial charge in [-0.15, -0.1) is 0 Å². The van der Waals surface area contributed by atoms with E-state index in [1.807, 2.05) is 12.1 Å². The van der Waals surface area contributed by atoms with Gasteiger partial charge in [0.25, 0.3) is 0 Å². The molecule has 1 unspecified atom stereocenters. The minimum absolute atomic E-state index is 0.574. The van der Waals surface area contributed by atoms with Gasteiger partial charge in [-0.25, -0.2) is 19.6 Å². The van der Waals surface area contributed by atoms with Gasteiger partial charge in [-0.05, 0) is 31.2 Å². The lowest BCUT2D eigenvalue weighted by molar-refractivity contribution is 0.355. The van der Waals surface area contributed by atoms with Crippen LogP contribution < -0.4 is 24.6 Å². The fourth-order valence-electron chi connectivity index (χ4n) is 3.44. The van der Waals surface area contributed by atoms with Crippen LogP contribution >= 0.6 is 0 Å². The Bertz CT molecular complexity index is 798. The third-order valence-corrected chi connectivity index (χ3v) is 5.19. The number of nitrogens with one attached hydrogen (secondary N) is 2. The summed E-state index contributed by atoms with van der Waals surface area (Å²) in [7, 11) is 3.23. The Balaban J connectivity index is 1.67. The molecule has 10 heteroatoms. The number of hydrazine groups is 1. The van der Waals surface area contributed by atoms with E-state index < -0.39 is 11.3 Å². The number of fused-ring (bicyclic) bond motifs is 1. The summed E-state index contributed by atoms with van der Waals surface area (Å²) >= 11 is -2.02.